The molecular weight excluding hydrogens is 368 g/mol. The molecule has 0 fully saturated rings. The van der Waals surface area contributed by atoms with Gasteiger partial charge in [0.25, 0.3) is 0 Å². The maximum Gasteiger partial charge on any atom is 0.161 e. The molecule has 0 bridgehead atoms. The van der Waals surface area contributed by atoms with Gasteiger partial charge in [-0.25, -0.2) is 0 Å². The third-order valence-electron chi connectivity index (χ3n) is 4.66. The van der Waals surface area contributed by atoms with E-state index in [9.17, 15) is 10.2 Å². The van der Waals surface area contributed by atoms with Crippen LogP contribution in [0.4, 0.5) is 0 Å². The number of aliphatic hydroxyl groups excluding tert-OH is 2. The molecule has 0 aliphatic carbocycles. The molecule has 3 aromatic carbocycles. The molecule has 0 aromatic heterocycles. The molecule has 5 heteroatoms. The van der Waals surface area contributed by atoms with Crippen molar-refractivity contribution in [2.45, 2.75) is 25.7 Å². The Labute approximate surface area is 171 Å². The van der Waals surface area contributed by atoms with Gasteiger partial charge < -0.3 is 24.4 Å². The first-order chi connectivity index (χ1) is 14.1. The average Bonchev–Trinajstić information content (AvgIpc) is 2.77. The minimum Gasteiger partial charge on any atom is -0.493 e. The Hall–Kier alpha value is -3.02. The summed E-state index contributed by atoms with van der Waals surface area (Å²) in [4.78, 5) is 0. The Kier molecular flexibility index (Phi) is 7.11. The molecule has 2 unspecified atom stereocenters. The standard InChI is InChI=1S/C24H26O5/c1-17-14-19(12-13-20(17)28-16-18-8-4-3-5-9-18)24(26)23(15-25)29-22-11-7-6-10-21(22)27-2/h3-14,23-26H,15-16H2,1-2H3. The third-order valence-corrected chi connectivity index (χ3v) is 4.66. The fraction of sp³-hybridized carbons (Fsp3) is 0.250. The molecule has 0 amide bonds. The lowest BCUT2D eigenvalue weighted by molar-refractivity contribution is -0.000456. The van der Waals surface area contributed by atoms with Crippen molar-refractivity contribution in [3.8, 4) is 17.2 Å². The maximum atomic E-state index is 10.8. The van der Waals surface area contributed by atoms with E-state index in [-0.39, 0.29) is 6.61 Å². The van der Waals surface area contributed by atoms with Gasteiger partial charge in [0.05, 0.1) is 13.7 Å². The zero-order valence-electron chi connectivity index (χ0n) is 16.6. The summed E-state index contributed by atoms with van der Waals surface area (Å²) >= 11 is 0. The number of aliphatic hydroxyl groups is 2. The summed E-state index contributed by atoms with van der Waals surface area (Å²) in [7, 11) is 1.55. The molecule has 29 heavy (non-hydrogen) atoms. The normalized spacial score (nSPS) is 12.8. The monoisotopic (exact) mass is 394 g/mol. The zero-order chi connectivity index (χ0) is 20.6. The van der Waals surface area contributed by atoms with Crippen LogP contribution in [-0.2, 0) is 6.61 Å². The molecule has 152 valence electrons. The minimum atomic E-state index is -1.01. The highest BCUT2D eigenvalue weighted by atomic mass is 16.5. The summed E-state index contributed by atoms with van der Waals surface area (Å²) in [6, 6.07) is 22.5. The summed E-state index contributed by atoms with van der Waals surface area (Å²) < 4.78 is 17.0. The van der Waals surface area contributed by atoms with Gasteiger partial charge in [-0.05, 0) is 47.9 Å². The number of ether oxygens (including phenoxy) is 3. The van der Waals surface area contributed by atoms with Crippen molar-refractivity contribution in [3.63, 3.8) is 0 Å². The Morgan fingerprint density at radius 3 is 2.21 bits per heavy atom. The van der Waals surface area contributed by atoms with Crippen molar-refractivity contribution in [3.05, 3.63) is 89.5 Å². The predicted octanol–water partition coefficient (Wildman–Crippen LogP) is 4.06. The van der Waals surface area contributed by atoms with Crippen LogP contribution in [0.3, 0.4) is 0 Å². The van der Waals surface area contributed by atoms with E-state index >= 15 is 0 Å². The number of aryl methyl sites for hydroxylation is 1. The number of para-hydroxylation sites is 2. The first kappa shape index (κ1) is 20.7. The topological polar surface area (TPSA) is 68.2 Å². The van der Waals surface area contributed by atoms with Crippen LogP contribution >= 0.6 is 0 Å². The zero-order valence-corrected chi connectivity index (χ0v) is 16.6. The van der Waals surface area contributed by atoms with E-state index < -0.39 is 12.2 Å². The molecule has 5 nitrogen and oxygen atoms in total. The van der Waals surface area contributed by atoms with E-state index in [4.69, 9.17) is 14.2 Å². The highest BCUT2D eigenvalue weighted by Crippen LogP contribution is 2.31. The number of rotatable bonds is 9. The fourth-order valence-electron chi connectivity index (χ4n) is 3.05. The molecule has 3 aromatic rings. The lowest BCUT2D eigenvalue weighted by Gasteiger charge is -2.24. The highest BCUT2D eigenvalue weighted by molar-refractivity contribution is 5.40. The molecule has 0 aliphatic rings. The van der Waals surface area contributed by atoms with Crippen molar-refractivity contribution in [2.75, 3.05) is 13.7 Å². The lowest BCUT2D eigenvalue weighted by atomic mass is 10.0. The van der Waals surface area contributed by atoms with Gasteiger partial charge in [-0.3, -0.25) is 0 Å². The second kappa shape index (κ2) is 9.96. The van der Waals surface area contributed by atoms with E-state index in [2.05, 4.69) is 0 Å². The van der Waals surface area contributed by atoms with Crippen molar-refractivity contribution in [2.24, 2.45) is 0 Å². The van der Waals surface area contributed by atoms with Crippen LogP contribution in [0, 0.1) is 6.92 Å². The van der Waals surface area contributed by atoms with Gasteiger partial charge in [-0.1, -0.05) is 48.5 Å². The summed E-state index contributed by atoms with van der Waals surface area (Å²) in [5, 5.41) is 20.5. The van der Waals surface area contributed by atoms with Crippen LogP contribution in [-0.4, -0.2) is 30.0 Å². The van der Waals surface area contributed by atoms with Gasteiger partial charge in [0, 0.05) is 0 Å². The van der Waals surface area contributed by atoms with E-state index in [0.29, 0.717) is 23.7 Å². The molecule has 0 saturated carbocycles. The number of hydrogen-bond donors (Lipinski definition) is 2. The molecule has 0 saturated heterocycles. The highest BCUT2D eigenvalue weighted by Gasteiger charge is 2.24. The van der Waals surface area contributed by atoms with Crippen LogP contribution in [0.5, 0.6) is 17.2 Å². The number of hydrogen-bond acceptors (Lipinski definition) is 5. The third kappa shape index (κ3) is 5.28. The smallest absolute Gasteiger partial charge is 0.161 e. The van der Waals surface area contributed by atoms with Crippen LogP contribution in [0.15, 0.2) is 72.8 Å². The first-order valence-corrected chi connectivity index (χ1v) is 9.48. The molecule has 0 heterocycles. The number of benzene rings is 3. The van der Waals surface area contributed by atoms with Crippen molar-refractivity contribution in [1.29, 1.82) is 0 Å². The van der Waals surface area contributed by atoms with Crippen LogP contribution in [0.25, 0.3) is 0 Å². The van der Waals surface area contributed by atoms with Crippen molar-refractivity contribution < 1.29 is 24.4 Å². The van der Waals surface area contributed by atoms with Gasteiger partial charge in [0.1, 0.15) is 18.5 Å². The van der Waals surface area contributed by atoms with E-state index in [1.165, 1.54) is 0 Å². The van der Waals surface area contributed by atoms with Crippen LogP contribution in [0.1, 0.15) is 22.8 Å². The van der Waals surface area contributed by atoms with E-state index in [1.807, 2.05) is 61.5 Å². The molecule has 3 rings (SSSR count). The van der Waals surface area contributed by atoms with E-state index in [1.54, 1.807) is 25.3 Å². The van der Waals surface area contributed by atoms with Gasteiger partial charge in [-0.15, -0.1) is 0 Å². The summed E-state index contributed by atoms with van der Waals surface area (Å²) in [6.07, 6.45) is -1.84. The quantitative estimate of drug-likeness (QED) is 0.573. The number of methoxy groups -OCH3 is 1. The maximum absolute atomic E-state index is 10.8. The second-order valence-electron chi connectivity index (χ2n) is 6.73. The Balaban J connectivity index is 1.70. The molecular formula is C24H26O5. The second-order valence-corrected chi connectivity index (χ2v) is 6.73. The summed E-state index contributed by atoms with van der Waals surface area (Å²) in [5.41, 5.74) is 2.62. The van der Waals surface area contributed by atoms with Gasteiger partial charge in [0.2, 0.25) is 0 Å². The minimum absolute atomic E-state index is 0.343. The molecule has 2 atom stereocenters. The van der Waals surface area contributed by atoms with Crippen molar-refractivity contribution in [1.82, 2.24) is 0 Å². The Morgan fingerprint density at radius 2 is 1.55 bits per heavy atom. The van der Waals surface area contributed by atoms with Crippen LogP contribution in [0.2, 0.25) is 0 Å². The van der Waals surface area contributed by atoms with Gasteiger partial charge >= 0.3 is 0 Å². The van der Waals surface area contributed by atoms with Crippen LogP contribution < -0.4 is 14.2 Å². The molecule has 0 aliphatic heterocycles. The SMILES string of the molecule is COc1ccccc1OC(CO)C(O)c1ccc(OCc2ccccc2)c(C)c1. The van der Waals surface area contributed by atoms with Gasteiger partial charge in [0.15, 0.2) is 17.6 Å². The molecule has 2 N–H and O–H groups in total. The predicted molar refractivity (Wildman–Crippen MR) is 111 cm³/mol. The Morgan fingerprint density at radius 1 is 0.862 bits per heavy atom. The van der Waals surface area contributed by atoms with Crippen molar-refractivity contribution >= 4 is 0 Å². The Bertz CT molecular complexity index is 910. The fourth-order valence-corrected chi connectivity index (χ4v) is 3.05. The largest absolute Gasteiger partial charge is 0.493 e. The van der Waals surface area contributed by atoms with E-state index in [0.717, 1.165) is 16.9 Å². The molecule has 0 spiro atoms. The summed E-state index contributed by atoms with van der Waals surface area (Å²) in [6.45, 7) is 2.05. The lowest BCUT2D eigenvalue weighted by Crippen LogP contribution is -2.29. The first-order valence-electron chi connectivity index (χ1n) is 9.48. The van der Waals surface area contributed by atoms with Gasteiger partial charge in [-0.2, -0.15) is 0 Å². The average molecular weight is 394 g/mol. The molecule has 0 radical (unpaired) electrons. The summed E-state index contributed by atoms with van der Waals surface area (Å²) in [5.74, 6) is 1.75.